The molecule has 24 heavy (non-hydrogen) atoms. The highest BCUT2D eigenvalue weighted by Gasteiger charge is 2.23. The third-order valence-electron chi connectivity index (χ3n) is 5.36. The molecule has 2 aromatic heterocycles. The number of pyridine rings is 1. The van der Waals surface area contributed by atoms with Gasteiger partial charge in [0.25, 0.3) is 0 Å². The van der Waals surface area contributed by atoms with Gasteiger partial charge in [-0.25, -0.2) is 4.98 Å². The number of fused-ring (bicyclic) bond motifs is 2. The molecule has 4 rings (SSSR count). The second-order valence-corrected chi connectivity index (χ2v) is 6.66. The van der Waals surface area contributed by atoms with Crippen molar-refractivity contribution in [3.05, 3.63) is 52.7 Å². The van der Waals surface area contributed by atoms with Gasteiger partial charge in [0, 0.05) is 30.7 Å². The van der Waals surface area contributed by atoms with E-state index in [1.807, 2.05) is 6.07 Å². The van der Waals surface area contributed by atoms with Gasteiger partial charge in [-0.15, -0.1) is 0 Å². The average molecular weight is 320 g/mol. The number of hydrogen-bond acceptors (Lipinski definition) is 3. The number of anilines is 2. The molecule has 1 aliphatic heterocycles. The Balaban J connectivity index is 1.90. The zero-order chi connectivity index (χ0) is 16.8. The largest absolute Gasteiger partial charge is 0.384 e. The summed E-state index contributed by atoms with van der Waals surface area (Å²) in [5, 5.41) is 1.23. The van der Waals surface area contributed by atoms with Crippen LogP contribution >= 0.6 is 0 Å². The zero-order valence-corrected chi connectivity index (χ0v) is 14.6. The Morgan fingerprint density at radius 3 is 2.67 bits per heavy atom. The SMILES string of the molecule is CCn1c(C)c(C)c2cc(N)nc(N3CCc4ccccc4C3)c21. The van der Waals surface area contributed by atoms with Crippen LogP contribution in [-0.4, -0.2) is 16.1 Å². The molecule has 0 aliphatic carbocycles. The third kappa shape index (κ3) is 2.17. The van der Waals surface area contributed by atoms with Gasteiger partial charge in [-0.2, -0.15) is 0 Å². The topological polar surface area (TPSA) is 47.1 Å². The van der Waals surface area contributed by atoms with Crippen molar-refractivity contribution in [2.24, 2.45) is 0 Å². The summed E-state index contributed by atoms with van der Waals surface area (Å²) in [4.78, 5) is 7.12. The van der Waals surface area contributed by atoms with Gasteiger partial charge in [-0.3, -0.25) is 0 Å². The lowest BCUT2D eigenvalue weighted by Gasteiger charge is -2.30. The van der Waals surface area contributed by atoms with Crippen molar-refractivity contribution in [3.8, 4) is 0 Å². The highest BCUT2D eigenvalue weighted by Crippen LogP contribution is 2.35. The van der Waals surface area contributed by atoms with Crippen molar-refractivity contribution < 1.29 is 0 Å². The lowest BCUT2D eigenvalue weighted by molar-refractivity contribution is 0.714. The highest BCUT2D eigenvalue weighted by molar-refractivity contribution is 5.95. The van der Waals surface area contributed by atoms with Crippen LogP contribution in [0.4, 0.5) is 11.6 Å². The second-order valence-electron chi connectivity index (χ2n) is 6.66. The van der Waals surface area contributed by atoms with E-state index in [0.29, 0.717) is 5.82 Å². The van der Waals surface area contributed by atoms with E-state index in [4.69, 9.17) is 10.7 Å². The maximum absolute atomic E-state index is 6.15. The molecule has 0 radical (unpaired) electrons. The minimum atomic E-state index is 0.604. The molecule has 2 N–H and O–H groups in total. The Labute approximate surface area is 142 Å². The maximum Gasteiger partial charge on any atom is 0.155 e. The summed E-state index contributed by atoms with van der Waals surface area (Å²) in [5.41, 5.74) is 12.8. The molecule has 3 aromatic rings. The van der Waals surface area contributed by atoms with Crippen LogP contribution in [0, 0.1) is 13.8 Å². The van der Waals surface area contributed by atoms with Gasteiger partial charge in [-0.1, -0.05) is 24.3 Å². The van der Waals surface area contributed by atoms with E-state index in [2.05, 4.69) is 54.5 Å². The van der Waals surface area contributed by atoms with E-state index >= 15 is 0 Å². The molecule has 0 fully saturated rings. The van der Waals surface area contributed by atoms with Gasteiger partial charge in [0.15, 0.2) is 5.82 Å². The molecule has 1 aromatic carbocycles. The van der Waals surface area contributed by atoms with Gasteiger partial charge in [0.1, 0.15) is 5.82 Å². The van der Waals surface area contributed by atoms with Crippen LogP contribution in [0.3, 0.4) is 0 Å². The molecular weight excluding hydrogens is 296 g/mol. The number of nitrogen functional groups attached to an aromatic ring is 1. The number of nitrogens with zero attached hydrogens (tertiary/aromatic N) is 3. The maximum atomic E-state index is 6.15. The summed E-state index contributed by atoms with van der Waals surface area (Å²) in [6, 6.07) is 10.7. The number of nitrogens with two attached hydrogens (primary N) is 1. The molecule has 0 bridgehead atoms. The molecule has 0 unspecified atom stereocenters. The molecule has 124 valence electrons. The van der Waals surface area contributed by atoms with Gasteiger partial charge >= 0.3 is 0 Å². The summed E-state index contributed by atoms with van der Waals surface area (Å²) in [5.74, 6) is 1.63. The Bertz CT molecular complexity index is 923. The molecule has 4 nitrogen and oxygen atoms in total. The van der Waals surface area contributed by atoms with Crippen molar-refractivity contribution in [3.63, 3.8) is 0 Å². The molecule has 0 saturated carbocycles. The van der Waals surface area contributed by atoms with Crippen LogP contribution in [0.15, 0.2) is 30.3 Å². The van der Waals surface area contributed by atoms with Crippen molar-refractivity contribution in [2.45, 2.75) is 40.3 Å². The molecule has 0 spiro atoms. The predicted octanol–water partition coefficient (Wildman–Crippen LogP) is 3.82. The molecule has 1 aliphatic rings. The van der Waals surface area contributed by atoms with E-state index in [-0.39, 0.29) is 0 Å². The first kappa shape index (κ1) is 15.1. The summed E-state index contributed by atoms with van der Waals surface area (Å²) in [6.45, 7) is 9.38. The summed E-state index contributed by atoms with van der Waals surface area (Å²) >= 11 is 0. The molecule has 3 heterocycles. The lowest BCUT2D eigenvalue weighted by atomic mass is 10.00. The quantitative estimate of drug-likeness (QED) is 0.781. The van der Waals surface area contributed by atoms with E-state index in [9.17, 15) is 0 Å². The minimum absolute atomic E-state index is 0.604. The fourth-order valence-corrected chi connectivity index (χ4v) is 3.95. The Morgan fingerprint density at radius 2 is 1.92 bits per heavy atom. The normalized spacial score (nSPS) is 14.2. The predicted molar refractivity (Wildman–Crippen MR) is 100 cm³/mol. The standard InChI is InChI=1S/C20H24N4/c1-4-24-14(3)13(2)17-11-18(21)22-20(19(17)24)23-10-9-15-7-5-6-8-16(15)12-23/h5-8,11H,4,9-10,12H2,1-3H3,(H2,21,22). The third-order valence-corrected chi connectivity index (χ3v) is 5.36. The van der Waals surface area contributed by atoms with Gasteiger partial charge in [0.05, 0.1) is 5.52 Å². The minimum Gasteiger partial charge on any atom is -0.384 e. The fourth-order valence-electron chi connectivity index (χ4n) is 3.95. The summed E-state index contributed by atoms with van der Waals surface area (Å²) in [7, 11) is 0. The molecule has 0 atom stereocenters. The smallest absolute Gasteiger partial charge is 0.155 e. The Hall–Kier alpha value is -2.49. The first-order chi connectivity index (χ1) is 11.6. The average Bonchev–Trinajstić information content (AvgIpc) is 2.84. The number of rotatable bonds is 2. The van der Waals surface area contributed by atoms with Crippen molar-refractivity contribution in [1.29, 1.82) is 0 Å². The van der Waals surface area contributed by atoms with Gasteiger partial charge in [0.2, 0.25) is 0 Å². The molecule has 0 amide bonds. The zero-order valence-electron chi connectivity index (χ0n) is 14.6. The van der Waals surface area contributed by atoms with E-state index in [0.717, 1.165) is 31.9 Å². The number of aryl methyl sites for hydroxylation is 2. The Kier molecular flexibility index (Phi) is 3.48. The lowest BCUT2D eigenvalue weighted by Crippen LogP contribution is -2.31. The van der Waals surface area contributed by atoms with Crippen LogP contribution in [0.1, 0.15) is 29.3 Å². The molecule has 0 saturated heterocycles. The number of hydrogen-bond donors (Lipinski definition) is 1. The first-order valence-corrected chi connectivity index (χ1v) is 8.67. The van der Waals surface area contributed by atoms with Crippen LogP contribution in [-0.2, 0) is 19.5 Å². The van der Waals surface area contributed by atoms with Crippen molar-refractivity contribution in [2.75, 3.05) is 17.2 Å². The van der Waals surface area contributed by atoms with Crippen molar-refractivity contribution in [1.82, 2.24) is 9.55 Å². The fraction of sp³-hybridized carbons (Fsp3) is 0.350. The molecule has 4 heteroatoms. The van der Waals surface area contributed by atoms with Crippen LogP contribution in [0.25, 0.3) is 10.9 Å². The van der Waals surface area contributed by atoms with Gasteiger partial charge < -0.3 is 15.2 Å². The monoisotopic (exact) mass is 320 g/mol. The summed E-state index contributed by atoms with van der Waals surface area (Å²) in [6.07, 6.45) is 1.05. The van der Waals surface area contributed by atoms with Crippen LogP contribution in [0.5, 0.6) is 0 Å². The van der Waals surface area contributed by atoms with Crippen LogP contribution in [0.2, 0.25) is 0 Å². The van der Waals surface area contributed by atoms with E-state index < -0.39 is 0 Å². The van der Waals surface area contributed by atoms with E-state index in [1.165, 1.54) is 33.3 Å². The Morgan fingerprint density at radius 1 is 1.17 bits per heavy atom. The number of aromatic nitrogens is 2. The number of benzene rings is 1. The van der Waals surface area contributed by atoms with Crippen molar-refractivity contribution >= 4 is 22.5 Å². The highest BCUT2D eigenvalue weighted by atomic mass is 15.2. The molecular formula is C20H24N4. The summed E-state index contributed by atoms with van der Waals surface area (Å²) < 4.78 is 2.37. The van der Waals surface area contributed by atoms with Gasteiger partial charge in [-0.05, 0) is 49.9 Å². The van der Waals surface area contributed by atoms with E-state index in [1.54, 1.807) is 0 Å². The van der Waals surface area contributed by atoms with Crippen LogP contribution < -0.4 is 10.6 Å². The first-order valence-electron chi connectivity index (χ1n) is 8.67. The second kappa shape index (κ2) is 5.55.